The lowest BCUT2D eigenvalue weighted by atomic mass is 9.74. The molecule has 23 heavy (non-hydrogen) atoms. The van der Waals surface area contributed by atoms with Gasteiger partial charge in [-0.3, -0.25) is 4.79 Å². The number of hydrogen-bond donors (Lipinski definition) is 1. The van der Waals surface area contributed by atoms with Gasteiger partial charge in [-0.05, 0) is 37.5 Å². The van der Waals surface area contributed by atoms with E-state index < -0.39 is 0 Å². The fourth-order valence-corrected chi connectivity index (χ4v) is 3.84. The van der Waals surface area contributed by atoms with E-state index in [1.54, 1.807) is 0 Å². The van der Waals surface area contributed by atoms with Crippen LogP contribution in [-0.4, -0.2) is 36.0 Å². The quantitative estimate of drug-likeness (QED) is 0.902. The van der Waals surface area contributed by atoms with Crippen molar-refractivity contribution in [2.75, 3.05) is 19.7 Å². The van der Waals surface area contributed by atoms with Crippen LogP contribution >= 0.6 is 11.6 Å². The van der Waals surface area contributed by atoms with E-state index in [9.17, 15) is 4.79 Å². The number of amides is 1. The summed E-state index contributed by atoms with van der Waals surface area (Å²) in [5.74, 6) is 0.122. The molecule has 1 aliphatic carbocycles. The SMILES string of the molecule is CC1(N)CCCCC1C(=O)N1CCOC(c2ccc(Cl)cc2)C1. The van der Waals surface area contributed by atoms with Gasteiger partial charge in [-0.1, -0.05) is 36.6 Å². The summed E-state index contributed by atoms with van der Waals surface area (Å²) in [7, 11) is 0. The molecule has 0 bridgehead atoms. The van der Waals surface area contributed by atoms with E-state index in [1.807, 2.05) is 36.1 Å². The minimum absolute atomic E-state index is 0.0692. The first-order chi connectivity index (χ1) is 11.0. The molecular weight excluding hydrogens is 312 g/mol. The molecule has 1 aliphatic heterocycles. The first kappa shape index (κ1) is 16.7. The Morgan fingerprint density at radius 2 is 2.09 bits per heavy atom. The van der Waals surface area contributed by atoms with Crippen LogP contribution in [0.5, 0.6) is 0 Å². The molecule has 5 heteroatoms. The zero-order chi connectivity index (χ0) is 16.4. The highest BCUT2D eigenvalue weighted by atomic mass is 35.5. The van der Waals surface area contributed by atoms with Gasteiger partial charge in [-0.25, -0.2) is 0 Å². The lowest BCUT2D eigenvalue weighted by Crippen LogP contribution is -2.55. The lowest BCUT2D eigenvalue weighted by molar-refractivity contribution is -0.146. The zero-order valence-corrected chi connectivity index (χ0v) is 14.4. The molecule has 3 rings (SSSR count). The molecule has 3 unspecified atom stereocenters. The standard InChI is InChI=1S/C18H25ClN2O2/c1-18(20)9-3-2-4-15(18)17(22)21-10-11-23-16(12-21)13-5-7-14(19)8-6-13/h5-8,15-16H,2-4,9-12,20H2,1H3. The Labute approximate surface area is 142 Å². The van der Waals surface area contributed by atoms with E-state index in [1.165, 1.54) is 0 Å². The third-order valence-corrected chi connectivity index (χ3v) is 5.42. The van der Waals surface area contributed by atoms with Gasteiger partial charge in [0.25, 0.3) is 0 Å². The highest BCUT2D eigenvalue weighted by Gasteiger charge is 2.40. The molecule has 1 aromatic carbocycles. The number of nitrogens with two attached hydrogens (primary N) is 1. The molecule has 3 atom stereocenters. The minimum Gasteiger partial charge on any atom is -0.370 e. The number of nitrogens with zero attached hydrogens (tertiary/aromatic N) is 1. The molecule has 2 fully saturated rings. The summed E-state index contributed by atoms with van der Waals surface area (Å²) < 4.78 is 5.86. The molecule has 1 saturated carbocycles. The second-order valence-corrected chi connectivity index (χ2v) is 7.44. The van der Waals surface area contributed by atoms with Crippen LogP contribution in [0.3, 0.4) is 0 Å². The number of morpholine rings is 1. The number of hydrogen-bond acceptors (Lipinski definition) is 3. The summed E-state index contributed by atoms with van der Waals surface area (Å²) in [5, 5.41) is 0.707. The Morgan fingerprint density at radius 1 is 1.35 bits per heavy atom. The Balaban J connectivity index is 1.70. The number of halogens is 1. The monoisotopic (exact) mass is 336 g/mol. The van der Waals surface area contributed by atoms with Crippen molar-refractivity contribution >= 4 is 17.5 Å². The third kappa shape index (κ3) is 3.70. The second kappa shape index (κ2) is 6.80. The van der Waals surface area contributed by atoms with E-state index in [0.29, 0.717) is 24.7 Å². The van der Waals surface area contributed by atoms with Crippen LogP contribution in [0.15, 0.2) is 24.3 Å². The lowest BCUT2D eigenvalue weighted by Gasteiger charge is -2.42. The van der Waals surface area contributed by atoms with Crippen LogP contribution in [0.1, 0.15) is 44.3 Å². The number of carbonyl (C=O) groups is 1. The molecular formula is C18H25ClN2O2. The van der Waals surface area contributed by atoms with Crippen LogP contribution in [0, 0.1) is 5.92 Å². The van der Waals surface area contributed by atoms with Crippen molar-refractivity contribution in [3.8, 4) is 0 Å². The highest BCUT2D eigenvalue weighted by Crippen LogP contribution is 2.34. The second-order valence-electron chi connectivity index (χ2n) is 7.00. The van der Waals surface area contributed by atoms with Crippen molar-refractivity contribution in [3.63, 3.8) is 0 Å². The smallest absolute Gasteiger partial charge is 0.227 e. The maximum absolute atomic E-state index is 13.0. The average Bonchev–Trinajstić information content (AvgIpc) is 2.55. The molecule has 1 saturated heterocycles. The van der Waals surface area contributed by atoms with Gasteiger partial charge in [-0.2, -0.15) is 0 Å². The summed E-state index contributed by atoms with van der Waals surface area (Å²) in [5.41, 5.74) is 7.07. The van der Waals surface area contributed by atoms with Gasteiger partial charge in [-0.15, -0.1) is 0 Å². The van der Waals surface area contributed by atoms with Crippen molar-refractivity contribution in [1.82, 2.24) is 4.90 Å². The van der Waals surface area contributed by atoms with Crippen LogP contribution in [0.4, 0.5) is 0 Å². The molecule has 0 spiro atoms. The van der Waals surface area contributed by atoms with E-state index >= 15 is 0 Å². The first-order valence-electron chi connectivity index (χ1n) is 8.42. The molecule has 0 aromatic heterocycles. The number of benzene rings is 1. The Kier molecular flexibility index (Phi) is 4.95. The first-order valence-corrected chi connectivity index (χ1v) is 8.80. The fourth-order valence-electron chi connectivity index (χ4n) is 3.71. The molecule has 1 heterocycles. The third-order valence-electron chi connectivity index (χ3n) is 5.17. The van der Waals surface area contributed by atoms with E-state index in [0.717, 1.165) is 31.2 Å². The van der Waals surface area contributed by atoms with Crippen LogP contribution in [0.2, 0.25) is 5.02 Å². The summed E-state index contributed by atoms with van der Waals surface area (Å²) in [6.07, 6.45) is 3.95. The molecule has 4 nitrogen and oxygen atoms in total. The summed E-state index contributed by atoms with van der Waals surface area (Å²) in [6.45, 7) is 3.82. The van der Waals surface area contributed by atoms with Gasteiger partial charge in [0.1, 0.15) is 6.10 Å². The topological polar surface area (TPSA) is 55.6 Å². The Hall–Kier alpha value is -1.10. The van der Waals surface area contributed by atoms with E-state index in [4.69, 9.17) is 22.1 Å². The Morgan fingerprint density at radius 3 is 2.78 bits per heavy atom. The molecule has 126 valence electrons. The van der Waals surface area contributed by atoms with Crippen LogP contribution < -0.4 is 5.73 Å². The molecule has 2 aliphatic rings. The van der Waals surface area contributed by atoms with Gasteiger partial charge in [0.2, 0.25) is 5.91 Å². The van der Waals surface area contributed by atoms with Gasteiger partial charge >= 0.3 is 0 Å². The predicted octanol–water partition coefficient (Wildman–Crippen LogP) is 3.15. The molecule has 1 aromatic rings. The Bertz CT molecular complexity index is 559. The van der Waals surface area contributed by atoms with Crippen molar-refractivity contribution in [3.05, 3.63) is 34.9 Å². The largest absolute Gasteiger partial charge is 0.370 e. The highest BCUT2D eigenvalue weighted by molar-refractivity contribution is 6.30. The predicted molar refractivity (Wildman–Crippen MR) is 91.3 cm³/mol. The fraction of sp³-hybridized carbons (Fsp3) is 0.611. The summed E-state index contributed by atoms with van der Waals surface area (Å²) in [6, 6.07) is 7.65. The van der Waals surface area contributed by atoms with Gasteiger partial charge in [0.05, 0.1) is 19.1 Å². The van der Waals surface area contributed by atoms with Crippen molar-refractivity contribution in [1.29, 1.82) is 0 Å². The summed E-state index contributed by atoms with van der Waals surface area (Å²) >= 11 is 5.94. The van der Waals surface area contributed by atoms with Crippen molar-refractivity contribution in [2.45, 2.75) is 44.2 Å². The minimum atomic E-state index is -0.386. The average molecular weight is 337 g/mol. The van der Waals surface area contributed by atoms with Gasteiger partial charge < -0.3 is 15.4 Å². The normalized spacial score (nSPS) is 31.9. The molecule has 1 amide bonds. The van der Waals surface area contributed by atoms with E-state index in [2.05, 4.69) is 0 Å². The van der Waals surface area contributed by atoms with Gasteiger partial charge in [0.15, 0.2) is 0 Å². The number of rotatable bonds is 2. The van der Waals surface area contributed by atoms with Crippen molar-refractivity contribution < 1.29 is 9.53 Å². The van der Waals surface area contributed by atoms with Crippen LogP contribution in [0.25, 0.3) is 0 Å². The van der Waals surface area contributed by atoms with E-state index in [-0.39, 0.29) is 23.5 Å². The molecule has 0 radical (unpaired) electrons. The van der Waals surface area contributed by atoms with Crippen molar-refractivity contribution in [2.24, 2.45) is 11.7 Å². The van der Waals surface area contributed by atoms with Gasteiger partial charge in [0, 0.05) is 17.1 Å². The maximum Gasteiger partial charge on any atom is 0.227 e. The summed E-state index contributed by atoms with van der Waals surface area (Å²) in [4.78, 5) is 14.9. The number of ether oxygens (including phenoxy) is 1. The maximum atomic E-state index is 13.0. The van der Waals surface area contributed by atoms with Crippen LogP contribution in [-0.2, 0) is 9.53 Å². The zero-order valence-electron chi connectivity index (χ0n) is 13.6. The number of carbonyl (C=O) groups excluding carboxylic acids is 1. The molecule has 2 N–H and O–H groups in total.